The zero-order chi connectivity index (χ0) is 12.9. The highest BCUT2D eigenvalue weighted by Gasteiger charge is 2.22. The van der Waals surface area contributed by atoms with Gasteiger partial charge < -0.3 is 15.4 Å². The minimum absolute atomic E-state index is 0.0852. The van der Waals surface area contributed by atoms with Crippen molar-refractivity contribution in [2.45, 2.75) is 40.2 Å². The van der Waals surface area contributed by atoms with Gasteiger partial charge in [-0.2, -0.15) is 0 Å². The van der Waals surface area contributed by atoms with Crippen LogP contribution in [0.5, 0.6) is 0 Å². The van der Waals surface area contributed by atoms with Crippen molar-refractivity contribution in [3.63, 3.8) is 0 Å². The largest absolute Gasteiger partial charge is 0.444 e. The van der Waals surface area contributed by atoms with Gasteiger partial charge in [-0.3, -0.25) is 5.41 Å². The average molecular weight is 229 g/mol. The zero-order valence-electron chi connectivity index (χ0n) is 10.8. The van der Waals surface area contributed by atoms with Crippen LogP contribution in [0.3, 0.4) is 0 Å². The molecular weight excluding hydrogens is 206 g/mol. The van der Waals surface area contributed by atoms with Gasteiger partial charge in [-0.25, -0.2) is 4.79 Å². The summed E-state index contributed by atoms with van der Waals surface area (Å²) in [7, 11) is 0. The van der Waals surface area contributed by atoms with E-state index in [-0.39, 0.29) is 17.8 Å². The molecule has 0 rings (SSSR count). The van der Waals surface area contributed by atoms with Crippen molar-refractivity contribution in [2.75, 3.05) is 13.1 Å². The van der Waals surface area contributed by atoms with Crippen LogP contribution in [0.1, 0.15) is 34.6 Å². The molecule has 1 unspecified atom stereocenters. The van der Waals surface area contributed by atoms with Crippen molar-refractivity contribution < 1.29 is 9.53 Å². The van der Waals surface area contributed by atoms with Crippen LogP contribution in [0.15, 0.2) is 0 Å². The minimum Gasteiger partial charge on any atom is -0.444 e. The number of amides is 1. The molecule has 0 aromatic carbocycles. The smallest absolute Gasteiger partial charge is 0.410 e. The molecule has 0 saturated heterocycles. The summed E-state index contributed by atoms with van der Waals surface area (Å²) in [5.74, 6) is -0.0607. The monoisotopic (exact) mass is 229 g/mol. The van der Waals surface area contributed by atoms with E-state index in [1.807, 2.05) is 34.6 Å². The maximum absolute atomic E-state index is 11.7. The van der Waals surface area contributed by atoms with Crippen LogP contribution >= 0.6 is 0 Å². The fourth-order valence-electron chi connectivity index (χ4n) is 1.09. The zero-order valence-corrected chi connectivity index (χ0v) is 10.8. The van der Waals surface area contributed by atoms with Crippen LogP contribution in [0, 0.1) is 11.3 Å². The first-order valence-corrected chi connectivity index (χ1v) is 5.49. The molecule has 5 nitrogen and oxygen atoms in total. The van der Waals surface area contributed by atoms with Crippen LogP contribution in [0.4, 0.5) is 4.79 Å². The maximum atomic E-state index is 11.7. The first kappa shape index (κ1) is 14.7. The fraction of sp³-hybridized carbons (Fsp3) is 0.818. The Balaban J connectivity index is 4.39. The highest BCUT2D eigenvalue weighted by atomic mass is 16.6. The third kappa shape index (κ3) is 5.58. The van der Waals surface area contributed by atoms with E-state index in [1.165, 1.54) is 0 Å². The quantitative estimate of drug-likeness (QED) is 0.570. The Morgan fingerprint density at radius 2 is 2.00 bits per heavy atom. The molecule has 0 aliphatic carbocycles. The van der Waals surface area contributed by atoms with Crippen molar-refractivity contribution >= 4 is 11.9 Å². The second kappa shape index (κ2) is 5.72. The molecule has 1 atom stereocenters. The number of ether oxygens (including phenoxy) is 1. The molecule has 16 heavy (non-hydrogen) atoms. The van der Waals surface area contributed by atoms with E-state index in [0.29, 0.717) is 13.1 Å². The lowest BCUT2D eigenvalue weighted by atomic mass is 10.1. The van der Waals surface area contributed by atoms with E-state index >= 15 is 0 Å². The van der Waals surface area contributed by atoms with Gasteiger partial charge in [0.25, 0.3) is 0 Å². The molecule has 0 aromatic rings. The Morgan fingerprint density at radius 3 is 2.31 bits per heavy atom. The van der Waals surface area contributed by atoms with Crippen LogP contribution in [-0.4, -0.2) is 35.5 Å². The summed E-state index contributed by atoms with van der Waals surface area (Å²) < 4.78 is 5.25. The number of rotatable bonds is 4. The molecule has 0 aliphatic heterocycles. The van der Waals surface area contributed by atoms with Crippen LogP contribution in [0.2, 0.25) is 0 Å². The SMILES string of the molecule is CCN(CC(C)C(=N)N)C(=O)OC(C)(C)C. The van der Waals surface area contributed by atoms with E-state index in [4.69, 9.17) is 15.9 Å². The van der Waals surface area contributed by atoms with Crippen LogP contribution in [0.25, 0.3) is 0 Å². The highest BCUT2D eigenvalue weighted by molar-refractivity contribution is 5.80. The van der Waals surface area contributed by atoms with Gasteiger partial charge >= 0.3 is 6.09 Å². The molecule has 1 amide bonds. The summed E-state index contributed by atoms with van der Waals surface area (Å²) in [6.45, 7) is 10.1. The molecule has 3 N–H and O–H groups in total. The molecular formula is C11H23N3O2. The third-order valence-corrected chi connectivity index (χ3v) is 2.06. The van der Waals surface area contributed by atoms with E-state index in [9.17, 15) is 4.79 Å². The second-order valence-electron chi connectivity index (χ2n) is 4.88. The fourth-order valence-corrected chi connectivity index (χ4v) is 1.09. The average Bonchev–Trinajstić information content (AvgIpc) is 2.10. The lowest BCUT2D eigenvalue weighted by Crippen LogP contribution is -2.41. The van der Waals surface area contributed by atoms with E-state index < -0.39 is 5.60 Å². The van der Waals surface area contributed by atoms with Crippen molar-refractivity contribution in [1.82, 2.24) is 4.90 Å². The lowest BCUT2D eigenvalue weighted by molar-refractivity contribution is 0.0249. The number of carbonyl (C=O) groups excluding carboxylic acids is 1. The molecule has 94 valence electrons. The Morgan fingerprint density at radius 1 is 1.50 bits per heavy atom. The van der Waals surface area contributed by atoms with Crippen LogP contribution in [-0.2, 0) is 4.74 Å². The van der Waals surface area contributed by atoms with Gasteiger partial charge in [-0.05, 0) is 27.7 Å². The molecule has 0 fully saturated rings. The molecule has 0 aromatic heterocycles. The minimum atomic E-state index is -0.496. The maximum Gasteiger partial charge on any atom is 0.410 e. The molecule has 0 spiro atoms. The Kier molecular flexibility index (Phi) is 5.27. The Hall–Kier alpha value is -1.26. The van der Waals surface area contributed by atoms with Gasteiger partial charge in [-0.15, -0.1) is 0 Å². The van der Waals surface area contributed by atoms with Crippen molar-refractivity contribution in [3.05, 3.63) is 0 Å². The van der Waals surface area contributed by atoms with Crippen molar-refractivity contribution in [1.29, 1.82) is 5.41 Å². The first-order valence-electron chi connectivity index (χ1n) is 5.49. The summed E-state index contributed by atoms with van der Waals surface area (Å²) in [6.07, 6.45) is -0.358. The number of nitrogens with zero attached hydrogens (tertiary/aromatic N) is 1. The predicted molar refractivity (Wildman–Crippen MR) is 64.6 cm³/mol. The van der Waals surface area contributed by atoms with E-state index in [1.54, 1.807) is 4.90 Å². The van der Waals surface area contributed by atoms with Crippen LogP contribution < -0.4 is 5.73 Å². The number of hydrogen-bond acceptors (Lipinski definition) is 3. The standard InChI is InChI=1S/C11H23N3O2/c1-6-14(7-8(2)9(12)13)10(15)16-11(3,4)5/h8H,6-7H2,1-5H3,(H3,12,13). The summed E-state index contributed by atoms with van der Waals surface area (Å²) in [6, 6.07) is 0. The van der Waals surface area contributed by atoms with Crippen molar-refractivity contribution in [2.24, 2.45) is 11.7 Å². The summed E-state index contributed by atoms with van der Waals surface area (Å²) in [4.78, 5) is 13.3. The third-order valence-electron chi connectivity index (χ3n) is 2.06. The van der Waals surface area contributed by atoms with Crippen molar-refractivity contribution in [3.8, 4) is 0 Å². The number of nitrogens with one attached hydrogen (secondary N) is 1. The molecule has 0 bridgehead atoms. The number of carbonyl (C=O) groups is 1. The second-order valence-corrected chi connectivity index (χ2v) is 4.88. The van der Waals surface area contributed by atoms with Gasteiger partial charge in [-0.1, -0.05) is 6.92 Å². The number of amidine groups is 1. The van der Waals surface area contributed by atoms with Gasteiger partial charge in [0.15, 0.2) is 0 Å². The molecule has 0 aliphatic rings. The van der Waals surface area contributed by atoms with E-state index in [0.717, 1.165) is 0 Å². The predicted octanol–water partition coefficient (Wildman–Crippen LogP) is 1.82. The number of nitrogens with two attached hydrogens (primary N) is 1. The highest BCUT2D eigenvalue weighted by Crippen LogP contribution is 2.11. The lowest BCUT2D eigenvalue weighted by Gasteiger charge is -2.28. The Labute approximate surface area is 97.4 Å². The normalized spacial score (nSPS) is 13.1. The summed E-state index contributed by atoms with van der Waals surface area (Å²) in [5, 5.41) is 7.29. The Bertz CT molecular complexity index is 258. The van der Waals surface area contributed by atoms with E-state index in [2.05, 4.69) is 0 Å². The van der Waals surface area contributed by atoms with Gasteiger partial charge in [0.2, 0.25) is 0 Å². The summed E-state index contributed by atoms with van der Waals surface area (Å²) >= 11 is 0. The first-order chi connectivity index (χ1) is 7.17. The topological polar surface area (TPSA) is 79.4 Å². The molecule has 0 heterocycles. The molecule has 0 saturated carbocycles. The molecule has 5 heteroatoms. The van der Waals surface area contributed by atoms with Gasteiger partial charge in [0, 0.05) is 19.0 Å². The van der Waals surface area contributed by atoms with Gasteiger partial charge in [0.1, 0.15) is 5.60 Å². The van der Waals surface area contributed by atoms with Gasteiger partial charge in [0.05, 0.1) is 5.84 Å². The number of hydrogen-bond donors (Lipinski definition) is 2. The summed E-state index contributed by atoms with van der Waals surface area (Å²) in [5.41, 5.74) is 4.87. The molecule has 0 radical (unpaired) electrons.